The smallest absolute Gasteiger partial charge is 0.260 e. The van der Waals surface area contributed by atoms with Crippen molar-refractivity contribution in [3.05, 3.63) is 89.0 Å². The highest BCUT2D eigenvalue weighted by Crippen LogP contribution is 2.33. The summed E-state index contributed by atoms with van der Waals surface area (Å²) in [6.07, 6.45) is 0. The Labute approximate surface area is 198 Å². The van der Waals surface area contributed by atoms with Gasteiger partial charge in [-0.05, 0) is 74.7 Å². The molecule has 3 aromatic carbocycles. The Morgan fingerprint density at radius 3 is 2.30 bits per heavy atom. The van der Waals surface area contributed by atoms with Gasteiger partial charge in [0.2, 0.25) is 0 Å². The van der Waals surface area contributed by atoms with Gasteiger partial charge in [-0.25, -0.2) is 13.4 Å². The van der Waals surface area contributed by atoms with E-state index in [1.54, 1.807) is 30.9 Å². The number of thiazole rings is 1. The Hall–Kier alpha value is -3.03. The normalized spacial score (nSPS) is 11.8. The van der Waals surface area contributed by atoms with E-state index in [1.807, 2.05) is 44.2 Å². The van der Waals surface area contributed by atoms with Gasteiger partial charge in [-0.3, -0.25) is 9.69 Å². The lowest BCUT2D eigenvalue weighted by molar-refractivity contribution is 0.0985. The van der Waals surface area contributed by atoms with Crippen LogP contribution in [0, 0.1) is 13.8 Å². The molecule has 0 bridgehead atoms. The number of nitrogens with zero attached hydrogens (tertiary/aromatic N) is 2. The number of amides is 1. The molecule has 4 rings (SSSR count). The molecular weight excluding hydrogens is 452 g/mol. The number of fused-ring (bicyclic) bond motifs is 1. The Morgan fingerprint density at radius 2 is 1.67 bits per heavy atom. The molecule has 0 aliphatic heterocycles. The van der Waals surface area contributed by atoms with Gasteiger partial charge in [0.1, 0.15) is 0 Å². The van der Waals surface area contributed by atoms with Crippen molar-refractivity contribution in [2.24, 2.45) is 0 Å². The van der Waals surface area contributed by atoms with Gasteiger partial charge in [0.15, 0.2) is 15.0 Å². The standard InChI is InChI=1S/C26H26N2O3S2/c1-17(2)33(30,31)22-12-10-21(11-13-22)25(29)28(16-20-8-6-5-7-9-20)26-27-24-19(4)14-18(3)15-23(24)32-26/h5-15,17H,16H2,1-4H3. The van der Waals surface area contributed by atoms with Crippen LogP contribution in [0.3, 0.4) is 0 Å². The molecule has 0 spiro atoms. The predicted octanol–water partition coefficient (Wildman–Crippen LogP) is 5.94. The van der Waals surface area contributed by atoms with Crippen molar-refractivity contribution in [1.29, 1.82) is 0 Å². The summed E-state index contributed by atoms with van der Waals surface area (Å²) >= 11 is 1.49. The SMILES string of the molecule is Cc1cc(C)c2nc(N(Cc3ccccc3)C(=O)c3ccc(S(=O)(=O)C(C)C)cc3)sc2c1. The maximum absolute atomic E-state index is 13.6. The maximum Gasteiger partial charge on any atom is 0.260 e. The Balaban J connectivity index is 1.75. The first-order valence-corrected chi connectivity index (χ1v) is 13.1. The summed E-state index contributed by atoms with van der Waals surface area (Å²) in [7, 11) is -3.40. The summed E-state index contributed by atoms with van der Waals surface area (Å²) in [6.45, 7) is 7.73. The fraction of sp³-hybridized carbons (Fsp3) is 0.231. The fourth-order valence-corrected chi connectivity index (χ4v) is 5.88. The van der Waals surface area contributed by atoms with Gasteiger partial charge in [0, 0.05) is 5.56 Å². The van der Waals surface area contributed by atoms with Crippen LogP contribution in [0.15, 0.2) is 71.6 Å². The number of carbonyl (C=O) groups is 1. The van der Waals surface area contributed by atoms with Crippen molar-refractivity contribution >= 4 is 42.4 Å². The van der Waals surface area contributed by atoms with Gasteiger partial charge >= 0.3 is 0 Å². The molecule has 0 radical (unpaired) electrons. The highest BCUT2D eigenvalue weighted by molar-refractivity contribution is 7.92. The summed E-state index contributed by atoms with van der Waals surface area (Å²) < 4.78 is 26.0. The zero-order valence-corrected chi connectivity index (χ0v) is 20.7. The van der Waals surface area contributed by atoms with E-state index in [1.165, 1.54) is 23.5 Å². The van der Waals surface area contributed by atoms with Gasteiger partial charge in [-0.1, -0.05) is 47.7 Å². The van der Waals surface area contributed by atoms with E-state index in [9.17, 15) is 13.2 Å². The number of aryl methyl sites for hydroxylation is 2. The monoisotopic (exact) mass is 478 g/mol. The number of aromatic nitrogens is 1. The van der Waals surface area contributed by atoms with Gasteiger partial charge in [0.05, 0.1) is 26.9 Å². The van der Waals surface area contributed by atoms with E-state index < -0.39 is 15.1 Å². The minimum absolute atomic E-state index is 0.217. The summed E-state index contributed by atoms with van der Waals surface area (Å²) in [5.74, 6) is -0.222. The molecule has 0 N–H and O–H groups in total. The summed E-state index contributed by atoms with van der Waals surface area (Å²) in [4.78, 5) is 20.3. The van der Waals surface area contributed by atoms with Crippen LogP contribution < -0.4 is 4.90 Å². The average Bonchev–Trinajstić information content (AvgIpc) is 3.22. The average molecular weight is 479 g/mol. The van der Waals surface area contributed by atoms with E-state index in [0.29, 0.717) is 17.2 Å². The molecule has 7 heteroatoms. The lowest BCUT2D eigenvalue weighted by Crippen LogP contribution is -2.30. The van der Waals surface area contributed by atoms with E-state index in [-0.39, 0.29) is 10.8 Å². The molecule has 0 aliphatic carbocycles. The van der Waals surface area contributed by atoms with Gasteiger partial charge in [-0.2, -0.15) is 0 Å². The van der Waals surface area contributed by atoms with Gasteiger partial charge in [0.25, 0.3) is 5.91 Å². The number of rotatable bonds is 6. The van der Waals surface area contributed by atoms with Crippen LogP contribution in [0.1, 0.15) is 40.9 Å². The topological polar surface area (TPSA) is 67.3 Å². The molecule has 0 saturated heterocycles. The second kappa shape index (κ2) is 9.08. The van der Waals surface area contributed by atoms with Crippen molar-refractivity contribution in [2.75, 3.05) is 4.90 Å². The van der Waals surface area contributed by atoms with Crippen LogP contribution in [0.25, 0.3) is 10.2 Å². The third-order valence-corrected chi connectivity index (χ3v) is 8.72. The third kappa shape index (κ3) is 4.70. The molecule has 0 atom stereocenters. The maximum atomic E-state index is 13.6. The predicted molar refractivity (Wildman–Crippen MR) is 135 cm³/mol. The molecule has 0 fully saturated rings. The minimum Gasteiger partial charge on any atom is -0.279 e. The molecule has 170 valence electrons. The highest BCUT2D eigenvalue weighted by Gasteiger charge is 2.24. The lowest BCUT2D eigenvalue weighted by atomic mass is 10.1. The molecule has 1 aromatic heterocycles. The summed E-state index contributed by atoms with van der Waals surface area (Å²) in [6, 6.07) is 20.1. The van der Waals surface area contributed by atoms with E-state index in [2.05, 4.69) is 12.1 Å². The summed E-state index contributed by atoms with van der Waals surface area (Å²) in [5.41, 5.74) is 4.52. The molecule has 5 nitrogen and oxygen atoms in total. The molecule has 4 aromatic rings. The number of hydrogen-bond acceptors (Lipinski definition) is 5. The number of carbonyl (C=O) groups excluding carboxylic acids is 1. The Bertz CT molecular complexity index is 1410. The van der Waals surface area contributed by atoms with Crippen molar-refractivity contribution in [1.82, 2.24) is 4.98 Å². The van der Waals surface area contributed by atoms with E-state index in [4.69, 9.17) is 4.98 Å². The summed E-state index contributed by atoms with van der Waals surface area (Å²) in [5, 5.41) is 0.0921. The zero-order valence-electron chi connectivity index (χ0n) is 19.1. The zero-order chi connectivity index (χ0) is 23.8. The van der Waals surface area contributed by atoms with Crippen molar-refractivity contribution in [3.8, 4) is 0 Å². The molecule has 0 aliphatic rings. The molecule has 33 heavy (non-hydrogen) atoms. The molecule has 0 saturated carbocycles. The Kier molecular flexibility index (Phi) is 6.36. The quantitative estimate of drug-likeness (QED) is 0.344. The number of benzene rings is 3. The first kappa shape index (κ1) is 23.1. The molecule has 0 unspecified atom stereocenters. The van der Waals surface area contributed by atoms with E-state index in [0.717, 1.165) is 26.9 Å². The molecule has 1 amide bonds. The fourth-order valence-electron chi connectivity index (χ4n) is 3.68. The van der Waals surface area contributed by atoms with Crippen LogP contribution in [-0.4, -0.2) is 24.6 Å². The van der Waals surface area contributed by atoms with Crippen molar-refractivity contribution in [3.63, 3.8) is 0 Å². The van der Waals surface area contributed by atoms with Crippen molar-refractivity contribution < 1.29 is 13.2 Å². The first-order valence-electron chi connectivity index (χ1n) is 10.7. The van der Waals surface area contributed by atoms with Crippen LogP contribution in [0.4, 0.5) is 5.13 Å². The van der Waals surface area contributed by atoms with Gasteiger partial charge < -0.3 is 0 Å². The highest BCUT2D eigenvalue weighted by atomic mass is 32.2. The van der Waals surface area contributed by atoms with Crippen LogP contribution in [0.2, 0.25) is 0 Å². The number of anilines is 1. The number of sulfone groups is 1. The Morgan fingerprint density at radius 1 is 1.00 bits per heavy atom. The van der Waals surface area contributed by atoms with E-state index >= 15 is 0 Å². The molecule has 1 heterocycles. The van der Waals surface area contributed by atoms with Crippen LogP contribution in [-0.2, 0) is 16.4 Å². The third-order valence-electron chi connectivity index (χ3n) is 5.53. The second-order valence-electron chi connectivity index (χ2n) is 8.42. The van der Waals surface area contributed by atoms with Crippen molar-refractivity contribution in [2.45, 2.75) is 44.4 Å². The van der Waals surface area contributed by atoms with Crippen LogP contribution >= 0.6 is 11.3 Å². The first-order chi connectivity index (χ1) is 15.7. The van der Waals surface area contributed by atoms with Crippen LogP contribution in [0.5, 0.6) is 0 Å². The van der Waals surface area contributed by atoms with Gasteiger partial charge in [-0.15, -0.1) is 0 Å². The largest absolute Gasteiger partial charge is 0.279 e. The molecular formula is C26H26N2O3S2. The minimum atomic E-state index is -3.40. The second-order valence-corrected chi connectivity index (χ2v) is 11.9. The lowest BCUT2D eigenvalue weighted by Gasteiger charge is -2.20. The number of hydrogen-bond donors (Lipinski definition) is 0.